The molecule has 2 rings (SSSR count). The molecule has 1 aliphatic carbocycles. The topological polar surface area (TPSA) is 29.1 Å². The summed E-state index contributed by atoms with van der Waals surface area (Å²) in [6, 6.07) is 1.80. The molecule has 0 aromatic carbocycles. The van der Waals surface area contributed by atoms with Crippen molar-refractivity contribution in [3.63, 3.8) is 0 Å². The Balaban J connectivity index is 2.09. The van der Waals surface area contributed by atoms with Gasteiger partial charge in [0.05, 0.1) is 5.00 Å². The number of fused-ring (bicyclic) bond motifs is 1. The van der Waals surface area contributed by atoms with E-state index in [2.05, 4.69) is 5.32 Å². The number of nitrogens with one attached hydrogen (secondary N) is 1. The molecule has 2 nitrogen and oxygen atoms in total. The lowest BCUT2D eigenvalue weighted by molar-refractivity contribution is -0.127. The number of carbonyl (C=O) groups excluding carboxylic acids is 1. The number of halogens is 3. The second-order valence-corrected chi connectivity index (χ2v) is 5.86. The van der Waals surface area contributed by atoms with Gasteiger partial charge >= 0.3 is 9.84 Å². The summed E-state index contributed by atoms with van der Waals surface area (Å²) in [7, 11) is 0. The van der Waals surface area contributed by atoms with Gasteiger partial charge < -0.3 is 5.32 Å². The van der Waals surface area contributed by atoms with Crippen molar-refractivity contribution in [3.8, 4) is 0 Å². The second-order valence-electron chi connectivity index (χ2n) is 3.36. The van der Waals surface area contributed by atoms with Crippen LogP contribution in [0.2, 0.25) is 0 Å². The standard InChI is InChI=1S/C9H8F2INOS/c10-9(11,12)8(14)13-7-4-5-2-1-3-6(5)15-7/h4H,1-3H2,(H,13,14). The zero-order chi connectivity index (χ0) is 11.1. The first-order valence-electron chi connectivity index (χ1n) is 4.46. The quantitative estimate of drug-likeness (QED) is 0.649. The molecule has 0 atom stereocenters. The summed E-state index contributed by atoms with van der Waals surface area (Å²) >= 11 is 2.23. The van der Waals surface area contributed by atoms with E-state index in [0.29, 0.717) is 5.00 Å². The van der Waals surface area contributed by atoms with Gasteiger partial charge in [-0.25, -0.2) is 0 Å². The van der Waals surface area contributed by atoms with Crippen molar-refractivity contribution in [1.82, 2.24) is 0 Å². The van der Waals surface area contributed by atoms with E-state index in [0.717, 1.165) is 41.9 Å². The molecule has 1 aromatic rings. The van der Waals surface area contributed by atoms with Gasteiger partial charge in [0.25, 0.3) is 0 Å². The van der Waals surface area contributed by atoms with Gasteiger partial charge in [-0.2, -0.15) is 8.78 Å². The molecule has 0 unspecified atom stereocenters. The first-order chi connectivity index (χ1) is 6.97. The van der Waals surface area contributed by atoms with E-state index in [1.807, 2.05) is 0 Å². The Morgan fingerprint density at radius 2 is 2.27 bits per heavy atom. The molecule has 0 bridgehead atoms. The molecule has 0 saturated heterocycles. The minimum atomic E-state index is -3.34. The number of rotatable bonds is 2. The van der Waals surface area contributed by atoms with Crippen LogP contribution in [0.5, 0.6) is 0 Å². The fourth-order valence-electron chi connectivity index (χ4n) is 1.57. The lowest BCUT2D eigenvalue weighted by Gasteiger charge is -2.07. The SMILES string of the molecule is O=C(Nc1cc2c(s1)CCC2)C(F)(F)I. The predicted octanol–water partition coefficient (Wildman–Crippen LogP) is 3.20. The van der Waals surface area contributed by atoms with Gasteiger partial charge in [0.1, 0.15) is 0 Å². The monoisotopic (exact) mass is 343 g/mol. The Hall–Kier alpha value is -0.240. The van der Waals surface area contributed by atoms with Crippen LogP contribution in [-0.4, -0.2) is 9.84 Å². The number of hydrogen-bond acceptors (Lipinski definition) is 2. The van der Waals surface area contributed by atoms with Crippen LogP contribution in [0.1, 0.15) is 16.9 Å². The van der Waals surface area contributed by atoms with Gasteiger partial charge in [0.2, 0.25) is 0 Å². The largest absolute Gasteiger partial charge is 0.372 e. The lowest BCUT2D eigenvalue weighted by atomic mass is 10.3. The van der Waals surface area contributed by atoms with Crippen LogP contribution < -0.4 is 5.32 Å². The number of hydrogen-bond donors (Lipinski definition) is 1. The molecule has 82 valence electrons. The fourth-order valence-corrected chi connectivity index (χ4v) is 2.86. The third kappa shape index (κ3) is 2.47. The van der Waals surface area contributed by atoms with Crippen LogP contribution >= 0.6 is 33.9 Å². The maximum Gasteiger partial charge on any atom is 0.372 e. The van der Waals surface area contributed by atoms with Gasteiger partial charge in [0.15, 0.2) is 0 Å². The van der Waals surface area contributed by atoms with Crippen LogP contribution in [-0.2, 0) is 17.6 Å². The molecule has 0 saturated carbocycles. The second kappa shape index (κ2) is 3.97. The van der Waals surface area contributed by atoms with Gasteiger partial charge in [-0.05, 0) is 30.9 Å². The third-order valence-electron chi connectivity index (χ3n) is 2.24. The van der Waals surface area contributed by atoms with E-state index < -0.39 is 9.84 Å². The molecule has 0 aliphatic heterocycles. The molecule has 0 spiro atoms. The van der Waals surface area contributed by atoms with Gasteiger partial charge in [0, 0.05) is 27.5 Å². The molecule has 0 radical (unpaired) electrons. The fraction of sp³-hybridized carbons (Fsp3) is 0.444. The molecule has 15 heavy (non-hydrogen) atoms. The number of carbonyl (C=O) groups is 1. The number of thiophene rings is 1. The van der Waals surface area contributed by atoms with Crippen molar-refractivity contribution < 1.29 is 13.6 Å². The Labute approximate surface area is 103 Å². The molecule has 6 heteroatoms. The van der Waals surface area contributed by atoms with E-state index in [1.54, 1.807) is 6.07 Å². The molecule has 1 heterocycles. The van der Waals surface area contributed by atoms with Crippen LogP contribution in [0.4, 0.5) is 13.8 Å². The van der Waals surface area contributed by atoms with Crippen LogP contribution in [0.25, 0.3) is 0 Å². The van der Waals surface area contributed by atoms with Crippen LogP contribution in [0.15, 0.2) is 6.07 Å². The highest BCUT2D eigenvalue weighted by molar-refractivity contribution is 14.1. The minimum absolute atomic E-state index is 0.529. The average Bonchev–Trinajstić information content (AvgIpc) is 2.61. The van der Waals surface area contributed by atoms with E-state index in [4.69, 9.17) is 0 Å². The van der Waals surface area contributed by atoms with Crippen molar-refractivity contribution in [2.75, 3.05) is 5.32 Å². The highest BCUT2D eigenvalue weighted by atomic mass is 127. The highest BCUT2D eigenvalue weighted by Gasteiger charge is 2.35. The first kappa shape index (κ1) is 11.3. The van der Waals surface area contributed by atoms with E-state index in [1.165, 1.54) is 21.8 Å². The van der Waals surface area contributed by atoms with E-state index in [-0.39, 0.29) is 0 Å². The zero-order valence-corrected chi connectivity index (χ0v) is 10.6. The Morgan fingerprint density at radius 1 is 1.53 bits per heavy atom. The number of alkyl halides is 3. The van der Waals surface area contributed by atoms with Crippen molar-refractivity contribution in [2.24, 2.45) is 0 Å². The van der Waals surface area contributed by atoms with Gasteiger partial charge in [-0.15, -0.1) is 11.3 Å². The Kier molecular flexibility index (Phi) is 2.98. The molecular formula is C9H8F2INOS. The molecule has 1 amide bonds. The summed E-state index contributed by atoms with van der Waals surface area (Å²) in [6.07, 6.45) is 3.11. The summed E-state index contributed by atoms with van der Waals surface area (Å²) in [5, 5.41) is 2.76. The van der Waals surface area contributed by atoms with E-state index >= 15 is 0 Å². The first-order valence-corrected chi connectivity index (χ1v) is 6.36. The molecular weight excluding hydrogens is 335 g/mol. The summed E-state index contributed by atoms with van der Waals surface area (Å²) in [6.45, 7) is 0. The number of anilines is 1. The number of amides is 1. The van der Waals surface area contributed by atoms with Gasteiger partial charge in [-0.3, -0.25) is 4.79 Å². The molecule has 1 aliphatic rings. The summed E-state index contributed by atoms with van der Waals surface area (Å²) < 4.78 is 21.8. The maximum atomic E-state index is 12.6. The van der Waals surface area contributed by atoms with Crippen LogP contribution in [0, 0.1) is 0 Å². The van der Waals surface area contributed by atoms with E-state index in [9.17, 15) is 13.6 Å². The smallest absolute Gasteiger partial charge is 0.312 e. The molecule has 1 N–H and O–H groups in total. The minimum Gasteiger partial charge on any atom is -0.312 e. The normalized spacial score (nSPS) is 15.1. The van der Waals surface area contributed by atoms with Crippen LogP contribution in [0.3, 0.4) is 0 Å². The van der Waals surface area contributed by atoms with Crippen molar-refractivity contribution in [2.45, 2.75) is 23.2 Å². The lowest BCUT2D eigenvalue weighted by Crippen LogP contribution is -2.27. The summed E-state index contributed by atoms with van der Waals surface area (Å²) in [5.41, 5.74) is 1.19. The molecule has 1 aromatic heterocycles. The van der Waals surface area contributed by atoms with Crippen molar-refractivity contribution >= 4 is 44.8 Å². The number of aryl methyl sites for hydroxylation is 2. The average molecular weight is 343 g/mol. The summed E-state index contributed by atoms with van der Waals surface area (Å²) in [5.74, 6) is -1.25. The maximum absolute atomic E-state index is 12.6. The van der Waals surface area contributed by atoms with Crippen molar-refractivity contribution in [1.29, 1.82) is 0 Å². The van der Waals surface area contributed by atoms with Gasteiger partial charge in [-0.1, -0.05) is 0 Å². The Bertz CT molecular complexity index is 378. The van der Waals surface area contributed by atoms with Crippen molar-refractivity contribution in [3.05, 3.63) is 16.5 Å². The third-order valence-corrected chi connectivity index (χ3v) is 3.88. The summed E-state index contributed by atoms with van der Waals surface area (Å²) in [4.78, 5) is 12.2. The highest BCUT2D eigenvalue weighted by Crippen LogP contribution is 2.35. The Morgan fingerprint density at radius 3 is 2.87 bits per heavy atom. The molecule has 0 fully saturated rings. The zero-order valence-electron chi connectivity index (χ0n) is 7.65. The predicted molar refractivity (Wildman–Crippen MR) is 63.9 cm³/mol.